The van der Waals surface area contributed by atoms with Gasteiger partial charge >= 0.3 is 24.0 Å². The van der Waals surface area contributed by atoms with Crippen molar-refractivity contribution in [3.05, 3.63) is 28.8 Å². The second-order valence-corrected chi connectivity index (χ2v) is 7.61. The summed E-state index contributed by atoms with van der Waals surface area (Å²) in [7, 11) is -2.50. The Hall–Kier alpha value is -1.65. The number of aromatic carboxylic acids is 1. The van der Waals surface area contributed by atoms with E-state index in [1.165, 1.54) is 20.8 Å². The summed E-state index contributed by atoms with van der Waals surface area (Å²) >= 11 is 0. The van der Waals surface area contributed by atoms with Gasteiger partial charge in [-0.05, 0) is 24.5 Å². The van der Waals surface area contributed by atoms with E-state index in [0.29, 0.717) is 6.07 Å². The minimum atomic E-state index is -6.39. The van der Waals surface area contributed by atoms with Crippen molar-refractivity contribution in [2.45, 2.75) is 61.8 Å². The molecule has 1 aromatic rings. The van der Waals surface area contributed by atoms with Gasteiger partial charge in [0.15, 0.2) is 0 Å². The van der Waals surface area contributed by atoms with Gasteiger partial charge in [0.2, 0.25) is 0 Å². The van der Waals surface area contributed by atoms with Crippen molar-refractivity contribution in [3.8, 4) is 0 Å². The summed E-state index contributed by atoms with van der Waals surface area (Å²) in [6, 6.07) is 0.582. The summed E-state index contributed by atoms with van der Waals surface area (Å²) in [5.74, 6) is -1.63. The molecule has 0 aromatic heterocycles. The third-order valence-electron chi connectivity index (χ3n) is 4.14. The van der Waals surface area contributed by atoms with Crippen LogP contribution in [0.15, 0.2) is 17.0 Å². The second-order valence-electron chi connectivity index (χ2n) is 5.80. The third-order valence-corrected chi connectivity index (χ3v) is 6.07. The zero-order valence-corrected chi connectivity index (χ0v) is 15.3. The monoisotopic (exact) mass is 422 g/mol. The first-order chi connectivity index (χ1) is 12.1. The molecule has 1 rings (SSSR count). The van der Waals surface area contributed by atoms with E-state index in [2.05, 4.69) is 0 Å². The van der Waals surface area contributed by atoms with Crippen LogP contribution in [0.5, 0.6) is 0 Å². The van der Waals surface area contributed by atoms with Crippen LogP contribution < -0.4 is 0 Å². The Morgan fingerprint density at radius 2 is 1.56 bits per heavy atom. The maximum absolute atomic E-state index is 14.6. The summed E-state index contributed by atoms with van der Waals surface area (Å²) < 4.78 is 106. The highest BCUT2D eigenvalue weighted by Gasteiger charge is 2.74. The topological polar surface area (TPSA) is 54.4 Å². The quantitative estimate of drug-likeness (QED) is 0.646. The number of benzene rings is 1. The largest absolute Gasteiger partial charge is 0.478 e. The van der Waals surface area contributed by atoms with Gasteiger partial charge in [0, 0.05) is 10.8 Å². The molecule has 0 radical (unpaired) electrons. The van der Waals surface area contributed by atoms with Crippen LogP contribution in [0.25, 0.3) is 0 Å². The lowest BCUT2D eigenvalue weighted by Gasteiger charge is -2.33. The second kappa shape index (κ2) is 7.76. The molecule has 0 saturated heterocycles. The van der Waals surface area contributed by atoms with E-state index in [-0.39, 0.29) is 18.9 Å². The van der Waals surface area contributed by atoms with Crippen LogP contribution in [0.3, 0.4) is 0 Å². The van der Waals surface area contributed by atoms with E-state index in [9.17, 15) is 44.8 Å². The molecule has 0 aliphatic carbocycles. The molecular weight excluding hydrogens is 405 g/mol. The first-order valence-corrected chi connectivity index (χ1v) is 8.98. The molecule has 0 aliphatic rings. The van der Waals surface area contributed by atoms with E-state index in [1.807, 2.05) is 0 Å². The lowest BCUT2D eigenvalue weighted by molar-refractivity contribution is -0.349. The van der Waals surface area contributed by atoms with E-state index in [4.69, 9.17) is 0 Å². The minimum Gasteiger partial charge on any atom is -0.478 e. The molecule has 1 aromatic carbocycles. The van der Waals surface area contributed by atoms with Crippen LogP contribution in [-0.2, 0) is 22.9 Å². The number of carbonyl (C=O) groups is 1. The number of hydrogen-bond acceptors (Lipinski definition) is 2. The molecule has 0 heterocycles. The molecule has 0 spiro atoms. The van der Waals surface area contributed by atoms with Crippen molar-refractivity contribution >= 4 is 16.8 Å². The summed E-state index contributed by atoms with van der Waals surface area (Å²) in [4.78, 5) is 10.2. The van der Waals surface area contributed by atoms with Gasteiger partial charge < -0.3 is 5.11 Å². The minimum absolute atomic E-state index is 0.101. The van der Waals surface area contributed by atoms with Crippen LogP contribution in [0.1, 0.15) is 48.7 Å². The van der Waals surface area contributed by atoms with Crippen molar-refractivity contribution in [1.29, 1.82) is 0 Å². The average molecular weight is 422 g/mol. The Bertz CT molecular complexity index is 727. The average Bonchev–Trinajstić information content (AvgIpc) is 2.55. The van der Waals surface area contributed by atoms with Gasteiger partial charge in [0.05, 0.1) is 21.3 Å². The van der Waals surface area contributed by atoms with Crippen LogP contribution in [0.4, 0.5) is 30.7 Å². The molecule has 0 unspecified atom stereocenters. The molecule has 27 heavy (non-hydrogen) atoms. The summed E-state index contributed by atoms with van der Waals surface area (Å²) in [6.45, 7) is 4.06. The van der Waals surface area contributed by atoms with Gasteiger partial charge in [-0.3, -0.25) is 4.21 Å². The summed E-state index contributed by atoms with van der Waals surface area (Å²) in [5.41, 5.74) is -8.82. The molecule has 1 N–H and O–H groups in total. The van der Waals surface area contributed by atoms with Crippen molar-refractivity contribution in [2.75, 3.05) is 0 Å². The zero-order chi connectivity index (χ0) is 21.4. The van der Waals surface area contributed by atoms with Gasteiger partial charge in [0.25, 0.3) is 0 Å². The van der Waals surface area contributed by atoms with Gasteiger partial charge in [-0.1, -0.05) is 26.8 Å². The van der Waals surface area contributed by atoms with Crippen LogP contribution in [-0.4, -0.2) is 32.9 Å². The van der Waals surface area contributed by atoms with Gasteiger partial charge in [-0.25, -0.2) is 9.18 Å². The summed E-state index contributed by atoms with van der Waals surface area (Å²) in [6.07, 6.45) is -13.0. The highest BCUT2D eigenvalue weighted by Crippen LogP contribution is 2.55. The van der Waals surface area contributed by atoms with Crippen molar-refractivity contribution in [1.82, 2.24) is 0 Å². The molecule has 0 amide bonds. The number of alkyl halides is 7. The molecule has 11 heteroatoms. The molecular formula is C16H17F7O3S. The normalized spacial score (nSPS) is 15.5. The predicted octanol–water partition coefficient (Wildman–Crippen LogP) is 5.14. The zero-order valence-electron chi connectivity index (χ0n) is 14.5. The fourth-order valence-electron chi connectivity index (χ4n) is 2.50. The molecule has 0 aliphatic heterocycles. The Morgan fingerprint density at radius 3 is 1.89 bits per heavy atom. The number of carboxylic acid groups (broad SMARTS) is 1. The molecule has 3 nitrogen and oxygen atoms in total. The van der Waals surface area contributed by atoms with E-state index in [1.54, 1.807) is 0 Å². The van der Waals surface area contributed by atoms with E-state index in [0.717, 1.165) is 0 Å². The first-order valence-electron chi connectivity index (χ1n) is 7.77. The van der Waals surface area contributed by atoms with Crippen LogP contribution in [0.2, 0.25) is 0 Å². The van der Waals surface area contributed by atoms with Crippen LogP contribution >= 0.6 is 0 Å². The lowest BCUT2D eigenvalue weighted by atomic mass is 9.90. The predicted molar refractivity (Wildman–Crippen MR) is 83.8 cm³/mol. The highest BCUT2D eigenvalue weighted by atomic mass is 32.2. The SMILES string of the molecule is CCc1c(C(=O)O)ccc(C(F)(C(F)(F)F)C(F)(F)F)c1[S@](=O)[C@@H](C)CC. The third kappa shape index (κ3) is 3.97. The smallest absolute Gasteiger partial charge is 0.435 e. The van der Waals surface area contributed by atoms with Gasteiger partial charge in [-0.2, -0.15) is 26.3 Å². The molecule has 154 valence electrons. The molecule has 0 bridgehead atoms. The van der Waals surface area contributed by atoms with E-state index >= 15 is 0 Å². The highest BCUT2D eigenvalue weighted by molar-refractivity contribution is 7.85. The Labute approximate surface area is 153 Å². The summed E-state index contributed by atoms with van der Waals surface area (Å²) in [5, 5.41) is 8.25. The number of rotatable bonds is 6. The van der Waals surface area contributed by atoms with E-state index < -0.39 is 61.6 Å². The Morgan fingerprint density at radius 1 is 1.07 bits per heavy atom. The first kappa shape index (κ1) is 23.4. The standard InChI is InChI=1S/C16H17F7O3S/c1-4-8(3)27(26)12-9(5-2)10(13(24)25)6-7-11(12)14(17,15(18,19)20)16(21,22)23/h6-8H,4-5H2,1-3H3,(H,24,25)/t8-,27+/m0/s1. The van der Waals surface area contributed by atoms with Crippen molar-refractivity contribution in [3.63, 3.8) is 0 Å². The Balaban J connectivity index is 4.09. The fourth-order valence-corrected chi connectivity index (χ4v) is 4.13. The lowest BCUT2D eigenvalue weighted by Crippen LogP contribution is -2.51. The number of hydrogen-bond donors (Lipinski definition) is 1. The molecule has 2 atom stereocenters. The Kier molecular flexibility index (Phi) is 6.73. The fraction of sp³-hybridized carbons (Fsp3) is 0.562. The van der Waals surface area contributed by atoms with Gasteiger partial charge in [-0.15, -0.1) is 0 Å². The van der Waals surface area contributed by atoms with Crippen molar-refractivity contribution < 1.29 is 44.8 Å². The van der Waals surface area contributed by atoms with Crippen molar-refractivity contribution in [2.24, 2.45) is 0 Å². The van der Waals surface area contributed by atoms with Crippen LogP contribution in [0, 0.1) is 0 Å². The molecule has 0 fully saturated rings. The van der Waals surface area contributed by atoms with Gasteiger partial charge in [0.1, 0.15) is 0 Å². The maximum atomic E-state index is 14.6. The molecule has 0 saturated carbocycles. The maximum Gasteiger partial charge on any atom is 0.435 e. The number of carboxylic acids is 1. The number of halogens is 7.